The van der Waals surface area contributed by atoms with Crippen molar-refractivity contribution in [1.29, 1.82) is 0 Å². The fraction of sp³-hybridized carbons (Fsp3) is 0.389. The minimum Gasteiger partial charge on any atom is -0.325 e. The monoisotopic (exact) mass is 344 g/mol. The molecule has 0 saturated carbocycles. The first kappa shape index (κ1) is 18.3. The number of carbonyl (C=O) groups is 1. The van der Waals surface area contributed by atoms with Gasteiger partial charge in [-0.25, -0.2) is 0 Å². The number of thioether (sulfide) groups is 1. The molecule has 2 aromatic rings. The maximum Gasteiger partial charge on any atom is 0.234 e. The van der Waals surface area contributed by atoms with Gasteiger partial charge >= 0.3 is 0 Å². The van der Waals surface area contributed by atoms with E-state index in [1.165, 1.54) is 22.9 Å². The van der Waals surface area contributed by atoms with Gasteiger partial charge < -0.3 is 9.88 Å². The van der Waals surface area contributed by atoms with Crippen molar-refractivity contribution in [2.75, 3.05) is 11.1 Å². The van der Waals surface area contributed by atoms with Crippen molar-refractivity contribution >= 4 is 23.4 Å². The maximum absolute atomic E-state index is 12.4. The Balaban J connectivity index is 2.06. The highest BCUT2D eigenvalue weighted by atomic mass is 32.2. The van der Waals surface area contributed by atoms with Crippen molar-refractivity contribution in [1.82, 2.24) is 14.8 Å². The summed E-state index contributed by atoms with van der Waals surface area (Å²) in [4.78, 5) is 12.4. The molecule has 1 aromatic heterocycles. The average Bonchev–Trinajstić information content (AvgIpc) is 2.94. The van der Waals surface area contributed by atoms with Crippen molar-refractivity contribution in [3.05, 3.63) is 47.8 Å². The molecular weight excluding hydrogens is 320 g/mol. The van der Waals surface area contributed by atoms with Gasteiger partial charge in [0.1, 0.15) is 5.82 Å². The van der Waals surface area contributed by atoms with E-state index in [0.29, 0.717) is 12.3 Å². The number of allylic oxidation sites excluding steroid dienone is 1. The molecule has 0 aliphatic carbocycles. The molecule has 0 fully saturated rings. The van der Waals surface area contributed by atoms with Crippen LogP contribution in [0.25, 0.3) is 0 Å². The van der Waals surface area contributed by atoms with Gasteiger partial charge in [-0.2, -0.15) is 0 Å². The van der Waals surface area contributed by atoms with Crippen LogP contribution < -0.4 is 5.32 Å². The molecule has 0 radical (unpaired) electrons. The molecule has 0 spiro atoms. The van der Waals surface area contributed by atoms with Gasteiger partial charge in [-0.15, -0.1) is 16.8 Å². The third-order valence-corrected chi connectivity index (χ3v) is 4.78. The molecule has 0 aliphatic rings. The molecule has 1 aromatic carbocycles. The first-order valence-corrected chi connectivity index (χ1v) is 9.13. The van der Waals surface area contributed by atoms with Crippen LogP contribution in [0.15, 0.2) is 36.0 Å². The van der Waals surface area contributed by atoms with Gasteiger partial charge in [0.2, 0.25) is 5.91 Å². The molecule has 1 amide bonds. The van der Waals surface area contributed by atoms with E-state index in [2.05, 4.69) is 48.1 Å². The zero-order chi connectivity index (χ0) is 17.5. The summed E-state index contributed by atoms with van der Waals surface area (Å²) in [5, 5.41) is 12.0. The lowest BCUT2D eigenvalue weighted by molar-refractivity contribution is -0.113. The van der Waals surface area contributed by atoms with Crippen molar-refractivity contribution < 1.29 is 4.79 Å². The second-order valence-corrected chi connectivity index (χ2v) is 6.37. The summed E-state index contributed by atoms with van der Waals surface area (Å²) in [6.07, 6.45) is 3.58. The molecule has 1 heterocycles. The third-order valence-electron chi connectivity index (χ3n) is 3.81. The molecular formula is C18H24N4OS. The maximum atomic E-state index is 12.4. The summed E-state index contributed by atoms with van der Waals surface area (Å²) in [6, 6.07) is 6.17. The molecule has 0 atom stereocenters. The van der Waals surface area contributed by atoms with Crippen LogP contribution >= 0.6 is 11.8 Å². The van der Waals surface area contributed by atoms with Crippen LogP contribution in [0.5, 0.6) is 0 Å². The Morgan fingerprint density at radius 2 is 1.96 bits per heavy atom. The lowest BCUT2D eigenvalue weighted by atomic mass is 10.0. The zero-order valence-corrected chi connectivity index (χ0v) is 15.3. The number of carbonyl (C=O) groups excluding carboxylic acids is 1. The van der Waals surface area contributed by atoms with E-state index < -0.39 is 0 Å². The van der Waals surface area contributed by atoms with Gasteiger partial charge in [-0.3, -0.25) is 4.79 Å². The normalized spacial score (nSPS) is 10.6. The number of nitrogens with zero attached hydrogens (tertiary/aromatic N) is 3. The minimum absolute atomic E-state index is 0.0265. The second-order valence-electron chi connectivity index (χ2n) is 5.42. The highest BCUT2D eigenvalue weighted by Crippen LogP contribution is 2.23. The Labute approximate surface area is 147 Å². The molecule has 128 valence electrons. The van der Waals surface area contributed by atoms with Crippen LogP contribution in [0.2, 0.25) is 0 Å². The van der Waals surface area contributed by atoms with Crippen molar-refractivity contribution in [3.8, 4) is 0 Å². The minimum atomic E-state index is -0.0265. The van der Waals surface area contributed by atoms with Crippen LogP contribution in [0.4, 0.5) is 5.69 Å². The molecule has 0 unspecified atom stereocenters. The number of nitrogens with one attached hydrogen (secondary N) is 1. The summed E-state index contributed by atoms with van der Waals surface area (Å²) in [6.45, 7) is 10.5. The number of hydrogen-bond donors (Lipinski definition) is 1. The summed E-state index contributed by atoms with van der Waals surface area (Å²) < 4.78 is 1.95. The smallest absolute Gasteiger partial charge is 0.234 e. The van der Waals surface area contributed by atoms with E-state index in [-0.39, 0.29) is 5.91 Å². The first-order valence-electron chi connectivity index (χ1n) is 8.14. The number of hydrogen-bond acceptors (Lipinski definition) is 4. The molecule has 0 saturated heterocycles. The summed E-state index contributed by atoms with van der Waals surface area (Å²) in [5.74, 6) is 1.10. The Morgan fingerprint density at radius 3 is 2.54 bits per heavy atom. The van der Waals surface area contributed by atoms with Gasteiger partial charge in [-0.05, 0) is 30.9 Å². The largest absolute Gasteiger partial charge is 0.325 e. The molecule has 2 rings (SSSR count). The number of benzene rings is 1. The number of aromatic nitrogens is 3. The van der Waals surface area contributed by atoms with E-state index in [4.69, 9.17) is 0 Å². The van der Waals surface area contributed by atoms with Crippen LogP contribution in [-0.4, -0.2) is 26.4 Å². The Kier molecular flexibility index (Phi) is 6.61. The lowest BCUT2D eigenvalue weighted by Gasteiger charge is -2.14. The molecule has 5 nitrogen and oxygen atoms in total. The molecule has 24 heavy (non-hydrogen) atoms. The van der Waals surface area contributed by atoms with Gasteiger partial charge in [0, 0.05) is 12.2 Å². The van der Waals surface area contributed by atoms with Gasteiger partial charge in [0.15, 0.2) is 5.16 Å². The number of anilines is 1. The van der Waals surface area contributed by atoms with Gasteiger partial charge in [-0.1, -0.05) is 49.9 Å². The highest BCUT2D eigenvalue weighted by molar-refractivity contribution is 7.99. The number of rotatable bonds is 8. The predicted molar refractivity (Wildman–Crippen MR) is 99.5 cm³/mol. The van der Waals surface area contributed by atoms with Gasteiger partial charge in [0.25, 0.3) is 0 Å². The lowest BCUT2D eigenvalue weighted by Crippen LogP contribution is -2.17. The Bertz CT molecular complexity index is 702. The zero-order valence-electron chi connectivity index (χ0n) is 14.5. The van der Waals surface area contributed by atoms with E-state index in [1.54, 1.807) is 6.08 Å². The van der Waals surface area contributed by atoms with Crippen molar-refractivity contribution in [3.63, 3.8) is 0 Å². The van der Waals surface area contributed by atoms with Crippen LogP contribution in [0.3, 0.4) is 0 Å². The molecule has 0 aliphatic heterocycles. The third kappa shape index (κ3) is 4.26. The standard InChI is InChI=1S/C18H24N4OS/c1-5-11-22-13(4)20-21-18(22)24-12-16(23)19-17-14(6-2)9-8-10-15(17)7-3/h5,8-10H,1,6-7,11-12H2,2-4H3,(H,19,23). The first-order chi connectivity index (χ1) is 11.6. The summed E-state index contributed by atoms with van der Waals surface area (Å²) >= 11 is 1.39. The Morgan fingerprint density at radius 1 is 1.29 bits per heavy atom. The fourth-order valence-electron chi connectivity index (χ4n) is 2.52. The van der Waals surface area contributed by atoms with Crippen LogP contribution in [0.1, 0.15) is 30.8 Å². The molecule has 1 N–H and O–H groups in total. The Hall–Kier alpha value is -2.08. The topological polar surface area (TPSA) is 59.8 Å². The van der Waals surface area contributed by atoms with Crippen molar-refractivity contribution in [2.45, 2.75) is 45.3 Å². The van der Waals surface area contributed by atoms with E-state index >= 15 is 0 Å². The SMILES string of the molecule is C=CCn1c(C)nnc1SCC(=O)Nc1c(CC)cccc1CC. The molecule has 6 heteroatoms. The predicted octanol–water partition coefficient (Wildman–Crippen LogP) is 3.63. The quantitative estimate of drug-likeness (QED) is 0.587. The average molecular weight is 344 g/mol. The van der Waals surface area contributed by atoms with Crippen LogP contribution in [0, 0.1) is 6.92 Å². The fourth-order valence-corrected chi connectivity index (χ4v) is 3.31. The summed E-state index contributed by atoms with van der Waals surface area (Å²) in [7, 11) is 0. The van der Waals surface area contributed by atoms with E-state index in [1.807, 2.05) is 17.6 Å². The van der Waals surface area contributed by atoms with Gasteiger partial charge in [0.05, 0.1) is 5.75 Å². The van der Waals surface area contributed by atoms with E-state index in [0.717, 1.165) is 29.5 Å². The number of amides is 1. The van der Waals surface area contributed by atoms with Crippen LogP contribution in [-0.2, 0) is 24.2 Å². The summed E-state index contributed by atoms with van der Waals surface area (Å²) in [5.41, 5.74) is 3.29. The second kappa shape index (κ2) is 8.68. The number of aryl methyl sites for hydroxylation is 3. The molecule has 0 bridgehead atoms. The highest BCUT2D eigenvalue weighted by Gasteiger charge is 2.13. The number of para-hydroxylation sites is 1. The van der Waals surface area contributed by atoms with Crippen molar-refractivity contribution in [2.24, 2.45) is 0 Å². The van der Waals surface area contributed by atoms with E-state index in [9.17, 15) is 4.79 Å².